The van der Waals surface area contributed by atoms with Crippen molar-refractivity contribution in [3.05, 3.63) is 29.8 Å². The van der Waals surface area contributed by atoms with Crippen LogP contribution in [0, 0.1) is 11.6 Å². The molecular formula is C7H5F2IO. The summed E-state index contributed by atoms with van der Waals surface area (Å²) in [7, 11) is 0. The SMILES string of the molecule is Fc1ccc(OCI)c(F)c1. The molecule has 0 spiro atoms. The minimum absolute atomic E-state index is 0.0841. The van der Waals surface area contributed by atoms with Gasteiger partial charge in [-0.1, -0.05) is 0 Å². The number of rotatable bonds is 2. The molecule has 1 aromatic carbocycles. The van der Waals surface area contributed by atoms with Crippen LogP contribution in [-0.2, 0) is 0 Å². The predicted molar refractivity (Wildman–Crippen MR) is 45.9 cm³/mol. The first-order valence-electron chi connectivity index (χ1n) is 2.88. The molecule has 0 bridgehead atoms. The summed E-state index contributed by atoms with van der Waals surface area (Å²) in [5.74, 6) is -1.18. The highest BCUT2D eigenvalue weighted by molar-refractivity contribution is 14.1. The number of halogens is 3. The first-order valence-corrected chi connectivity index (χ1v) is 4.40. The maximum Gasteiger partial charge on any atom is 0.168 e. The fourth-order valence-corrected chi connectivity index (χ4v) is 0.987. The molecule has 0 amide bonds. The van der Waals surface area contributed by atoms with E-state index in [9.17, 15) is 8.78 Å². The third kappa shape index (κ3) is 2.28. The van der Waals surface area contributed by atoms with Crippen molar-refractivity contribution in [2.24, 2.45) is 0 Å². The highest BCUT2D eigenvalue weighted by atomic mass is 127. The Morgan fingerprint density at radius 1 is 1.36 bits per heavy atom. The van der Waals surface area contributed by atoms with Gasteiger partial charge in [0, 0.05) is 6.07 Å². The van der Waals surface area contributed by atoms with E-state index in [0.717, 1.165) is 12.1 Å². The lowest BCUT2D eigenvalue weighted by molar-refractivity contribution is 0.375. The van der Waals surface area contributed by atoms with E-state index < -0.39 is 11.6 Å². The van der Waals surface area contributed by atoms with Crippen LogP contribution in [0.15, 0.2) is 18.2 Å². The lowest BCUT2D eigenvalue weighted by Gasteiger charge is -2.01. The smallest absolute Gasteiger partial charge is 0.168 e. The molecule has 0 fully saturated rings. The standard InChI is InChI=1S/C7H5F2IO/c8-5-1-2-7(11-4-10)6(9)3-5/h1-3H,4H2. The molecule has 0 heterocycles. The minimum Gasteiger partial charge on any atom is -0.480 e. The second-order valence-corrected chi connectivity index (χ2v) is 2.45. The van der Waals surface area contributed by atoms with E-state index >= 15 is 0 Å². The molecule has 4 heteroatoms. The van der Waals surface area contributed by atoms with Crippen LogP contribution in [-0.4, -0.2) is 4.61 Å². The normalized spacial score (nSPS) is 9.73. The second-order valence-electron chi connectivity index (χ2n) is 1.83. The van der Waals surface area contributed by atoms with Gasteiger partial charge in [-0.15, -0.1) is 0 Å². The molecule has 0 saturated heterocycles. The Balaban J connectivity index is 2.90. The number of alkyl halides is 1. The van der Waals surface area contributed by atoms with Crippen molar-refractivity contribution < 1.29 is 13.5 Å². The van der Waals surface area contributed by atoms with E-state index in [4.69, 9.17) is 4.74 Å². The van der Waals surface area contributed by atoms with E-state index in [0.29, 0.717) is 4.61 Å². The van der Waals surface area contributed by atoms with Gasteiger partial charge in [0.25, 0.3) is 0 Å². The van der Waals surface area contributed by atoms with Crippen LogP contribution in [0.25, 0.3) is 0 Å². The van der Waals surface area contributed by atoms with Crippen LogP contribution in [0.5, 0.6) is 5.75 Å². The van der Waals surface area contributed by atoms with Gasteiger partial charge in [0.15, 0.2) is 11.6 Å². The maximum atomic E-state index is 12.7. The van der Waals surface area contributed by atoms with Gasteiger partial charge in [-0.05, 0) is 34.7 Å². The maximum absolute atomic E-state index is 12.7. The molecule has 60 valence electrons. The molecular weight excluding hydrogens is 265 g/mol. The number of ether oxygens (including phenoxy) is 1. The van der Waals surface area contributed by atoms with Gasteiger partial charge in [0.05, 0.1) is 0 Å². The first-order chi connectivity index (χ1) is 5.24. The summed E-state index contributed by atoms with van der Waals surface area (Å²) in [6.45, 7) is 0. The number of hydrogen-bond donors (Lipinski definition) is 0. The van der Waals surface area contributed by atoms with Crippen molar-refractivity contribution in [2.75, 3.05) is 4.61 Å². The summed E-state index contributed by atoms with van der Waals surface area (Å²) < 4.78 is 30.1. The summed E-state index contributed by atoms with van der Waals surface area (Å²) in [5.41, 5.74) is 0. The number of benzene rings is 1. The fourth-order valence-electron chi connectivity index (χ4n) is 0.651. The van der Waals surface area contributed by atoms with Gasteiger partial charge >= 0.3 is 0 Å². The molecule has 0 saturated carbocycles. The largest absolute Gasteiger partial charge is 0.480 e. The lowest BCUT2D eigenvalue weighted by Crippen LogP contribution is -1.92. The van der Waals surface area contributed by atoms with Crippen molar-refractivity contribution in [1.29, 1.82) is 0 Å². The van der Waals surface area contributed by atoms with Crippen LogP contribution in [0.4, 0.5) is 8.78 Å². The Morgan fingerprint density at radius 2 is 2.09 bits per heavy atom. The van der Waals surface area contributed by atoms with Crippen molar-refractivity contribution in [2.45, 2.75) is 0 Å². The Labute approximate surface area is 76.5 Å². The molecule has 0 aromatic heterocycles. The van der Waals surface area contributed by atoms with E-state index in [1.807, 2.05) is 22.6 Å². The van der Waals surface area contributed by atoms with Gasteiger partial charge in [0.1, 0.15) is 10.4 Å². The zero-order valence-electron chi connectivity index (χ0n) is 5.48. The van der Waals surface area contributed by atoms with E-state index in [1.54, 1.807) is 0 Å². The molecule has 11 heavy (non-hydrogen) atoms. The van der Waals surface area contributed by atoms with Crippen LogP contribution in [0.1, 0.15) is 0 Å². The predicted octanol–water partition coefficient (Wildman–Crippen LogP) is 2.74. The third-order valence-electron chi connectivity index (χ3n) is 1.10. The monoisotopic (exact) mass is 270 g/mol. The third-order valence-corrected chi connectivity index (χ3v) is 1.42. The van der Waals surface area contributed by atoms with E-state index in [2.05, 4.69) is 0 Å². The Bertz CT molecular complexity index is 252. The summed E-state index contributed by atoms with van der Waals surface area (Å²) in [6, 6.07) is 3.22. The Morgan fingerprint density at radius 3 is 2.64 bits per heavy atom. The molecule has 1 aromatic rings. The van der Waals surface area contributed by atoms with Crippen LogP contribution >= 0.6 is 22.6 Å². The van der Waals surface area contributed by atoms with Gasteiger partial charge in [-0.2, -0.15) is 0 Å². The summed E-state index contributed by atoms with van der Waals surface area (Å²) in [6.07, 6.45) is 0. The molecule has 1 rings (SSSR count). The minimum atomic E-state index is -0.665. The quantitative estimate of drug-likeness (QED) is 0.593. The fraction of sp³-hybridized carbons (Fsp3) is 0.143. The highest BCUT2D eigenvalue weighted by Gasteiger charge is 2.02. The van der Waals surface area contributed by atoms with Crippen molar-refractivity contribution in [3.63, 3.8) is 0 Å². The zero-order chi connectivity index (χ0) is 8.27. The molecule has 1 nitrogen and oxygen atoms in total. The van der Waals surface area contributed by atoms with Gasteiger partial charge < -0.3 is 4.74 Å². The Hall–Kier alpha value is -0.390. The highest BCUT2D eigenvalue weighted by Crippen LogP contribution is 2.17. The average Bonchev–Trinajstić information content (AvgIpc) is 1.95. The van der Waals surface area contributed by atoms with E-state index in [-0.39, 0.29) is 5.75 Å². The summed E-state index contributed by atoms with van der Waals surface area (Å²) in [4.78, 5) is 0. The van der Waals surface area contributed by atoms with Gasteiger partial charge in [-0.3, -0.25) is 0 Å². The van der Waals surface area contributed by atoms with Crippen molar-refractivity contribution in [1.82, 2.24) is 0 Å². The lowest BCUT2D eigenvalue weighted by atomic mass is 10.3. The molecule has 0 atom stereocenters. The molecule has 0 unspecified atom stereocenters. The van der Waals surface area contributed by atoms with Crippen LogP contribution < -0.4 is 4.74 Å². The summed E-state index contributed by atoms with van der Waals surface area (Å²) in [5, 5.41) is 0. The van der Waals surface area contributed by atoms with Crippen molar-refractivity contribution in [3.8, 4) is 5.75 Å². The average molecular weight is 270 g/mol. The second kappa shape index (κ2) is 3.85. The topological polar surface area (TPSA) is 9.23 Å². The molecule has 0 aliphatic heterocycles. The van der Waals surface area contributed by atoms with Gasteiger partial charge in [0.2, 0.25) is 0 Å². The Kier molecular flexibility index (Phi) is 3.04. The zero-order valence-corrected chi connectivity index (χ0v) is 7.64. The van der Waals surface area contributed by atoms with Crippen LogP contribution in [0.2, 0.25) is 0 Å². The number of hydrogen-bond acceptors (Lipinski definition) is 1. The molecule has 0 radical (unpaired) electrons. The summed E-state index contributed by atoms with van der Waals surface area (Å²) >= 11 is 1.93. The van der Waals surface area contributed by atoms with Crippen LogP contribution in [0.3, 0.4) is 0 Å². The molecule has 0 N–H and O–H groups in total. The molecule has 0 aliphatic carbocycles. The van der Waals surface area contributed by atoms with Gasteiger partial charge in [-0.25, -0.2) is 8.78 Å². The molecule has 0 aliphatic rings. The van der Waals surface area contributed by atoms with Crippen molar-refractivity contribution >= 4 is 22.6 Å². The first kappa shape index (κ1) is 8.70. The van der Waals surface area contributed by atoms with E-state index in [1.165, 1.54) is 6.07 Å².